The molecule has 0 aromatic heterocycles. The summed E-state index contributed by atoms with van der Waals surface area (Å²) < 4.78 is 5.85. The number of carbonyl (C=O) groups excluding carboxylic acids is 1. The van der Waals surface area contributed by atoms with E-state index in [2.05, 4.69) is 5.32 Å². The summed E-state index contributed by atoms with van der Waals surface area (Å²) >= 11 is 0. The molecule has 0 saturated heterocycles. The first-order chi connectivity index (χ1) is 11.8. The maximum absolute atomic E-state index is 12.0. The Bertz CT molecular complexity index is 672. The van der Waals surface area contributed by atoms with Crippen LogP contribution in [0.15, 0.2) is 54.6 Å². The molecule has 0 aliphatic heterocycles. The molecule has 0 bridgehead atoms. The predicted octanol–water partition coefficient (Wildman–Crippen LogP) is 3.01. The Kier molecular flexibility index (Phi) is 5.49. The van der Waals surface area contributed by atoms with Crippen molar-refractivity contribution in [2.75, 3.05) is 13.2 Å². The molecular formula is C20H23NO3. The van der Waals surface area contributed by atoms with Gasteiger partial charge in [-0.1, -0.05) is 48.5 Å². The summed E-state index contributed by atoms with van der Waals surface area (Å²) in [7, 11) is 0. The molecule has 0 unspecified atom stereocenters. The summed E-state index contributed by atoms with van der Waals surface area (Å²) in [6.07, 6.45) is 1.91. The van der Waals surface area contributed by atoms with Gasteiger partial charge in [-0.15, -0.1) is 0 Å². The van der Waals surface area contributed by atoms with E-state index in [1.165, 1.54) is 0 Å². The van der Waals surface area contributed by atoms with Gasteiger partial charge in [0.05, 0.1) is 18.6 Å². The maximum atomic E-state index is 12.0. The third kappa shape index (κ3) is 3.95. The summed E-state index contributed by atoms with van der Waals surface area (Å²) in [6, 6.07) is 18.0. The zero-order valence-electron chi connectivity index (χ0n) is 13.7. The van der Waals surface area contributed by atoms with Crippen LogP contribution in [0.1, 0.15) is 19.3 Å². The van der Waals surface area contributed by atoms with Gasteiger partial charge in [0.25, 0.3) is 0 Å². The van der Waals surface area contributed by atoms with Crippen molar-refractivity contribution in [1.82, 2.24) is 5.32 Å². The lowest BCUT2D eigenvalue weighted by Gasteiger charge is -2.15. The molecule has 2 aromatic carbocycles. The van der Waals surface area contributed by atoms with E-state index in [9.17, 15) is 9.90 Å². The Labute approximate surface area is 142 Å². The van der Waals surface area contributed by atoms with Crippen LogP contribution in [0.25, 0.3) is 11.1 Å². The first-order valence-corrected chi connectivity index (χ1v) is 8.49. The number of aliphatic hydroxyl groups is 1. The summed E-state index contributed by atoms with van der Waals surface area (Å²) in [5.74, 6) is 0.473. The number of rotatable bonds is 6. The molecule has 4 nitrogen and oxygen atoms in total. The van der Waals surface area contributed by atoms with Crippen molar-refractivity contribution in [3.63, 3.8) is 0 Å². The molecule has 1 saturated carbocycles. The van der Waals surface area contributed by atoms with E-state index < -0.39 is 6.10 Å². The van der Waals surface area contributed by atoms with Gasteiger partial charge < -0.3 is 15.2 Å². The van der Waals surface area contributed by atoms with Gasteiger partial charge in [0.2, 0.25) is 5.91 Å². The molecule has 1 fully saturated rings. The first-order valence-electron chi connectivity index (χ1n) is 8.49. The van der Waals surface area contributed by atoms with Crippen molar-refractivity contribution in [2.45, 2.75) is 25.4 Å². The molecule has 126 valence electrons. The maximum Gasteiger partial charge on any atom is 0.225 e. The topological polar surface area (TPSA) is 58.6 Å². The van der Waals surface area contributed by atoms with E-state index in [0.29, 0.717) is 13.2 Å². The Hall–Kier alpha value is -2.33. The fourth-order valence-electron chi connectivity index (χ4n) is 3.16. The number of ether oxygens (including phenoxy) is 1. The standard InChI is InChI=1S/C20H23NO3/c22-18-11-6-10-17(18)20(23)21-13-14-24-19-12-5-4-9-16(19)15-7-2-1-3-8-15/h1-5,7-9,12,17-18,22H,6,10-11,13-14H2,(H,21,23)/t17-,18+/m1/s1. The van der Waals surface area contributed by atoms with Crippen LogP contribution in [0, 0.1) is 5.92 Å². The van der Waals surface area contributed by atoms with Gasteiger partial charge >= 0.3 is 0 Å². The van der Waals surface area contributed by atoms with Crippen molar-refractivity contribution in [3.8, 4) is 16.9 Å². The number of aliphatic hydroxyl groups excluding tert-OH is 1. The van der Waals surface area contributed by atoms with Crippen molar-refractivity contribution >= 4 is 5.91 Å². The van der Waals surface area contributed by atoms with Crippen molar-refractivity contribution in [3.05, 3.63) is 54.6 Å². The van der Waals surface area contributed by atoms with Gasteiger partial charge in [-0.2, -0.15) is 0 Å². The molecule has 1 amide bonds. The van der Waals surface area contributed by atoms with Crippen LogP contribution in [-0.2, 0) is 4.79 Å². The second kappa shape index (κ2) is 7.97. The Morgan fingerprint density at radius 3 is 2.58 bits per heavy atom. The van der Waals surface area contributed by atoms with Gasteiger partial charge in [-0.25, -0.2) is 0 Å². The van der Waals surface area contributed by atoms with Crippen LogP contribution in [0.4, 0.5) is 0 Å². The zero-order chi connectivity index (χ0) is 16.8. The molecule has 2 N–H and O–H groups in total. The third-order valence-corrected chi connectivity index (χ3v) is 4.45. The molecular weight excluding hydrogens is 302 g/mol. The average molecular weight is 325 g/mol. The van der Waals surface area contributed by atoms with Gasteiger partial charge in [-0.05, 0) is 30.9 Å². The van der Waals surface area contributed by atoms with Crippen molar-refractivity contribution in [1.29, 1.82) is 0 Å². The summed E-state index contributed by atoms with van der Waals surface area (Å²) in [6.45, 7) is 0.837. The van der Waals surface area contributed by atoms with Crippen LogP contribution in [0.2, 0.25) is 0 Å². The number of nitrogens with one attached hydrogen (secondary N) is 1. The summed E-state index contributed by atoms with van der Waals surface area (Å²) in [4.78, 5) is 12.0. The lowest BCUT2D eigenvalue weighted by atomic mass is 10.1. The number of amides is 1. The normalized spacial score (nSPS) is 19.9. The zero-order valence-corrected chi connectivity index (χ0v) is 13.7. The van der Waals surface area contributed by atoms with Crippen molar-refractivity contribution < 1.29 is 14.6 Å². The van der Waals surface area contributed by atoms with Crippen LogP contribution >= 0.6 is 0 Å². The largest absolute Gasteiger partial charge is 0.491 e. The van der Waals surface area contributed by atoms with Gasteiger partial charge in [0.15, 0.2) is 0 Å². The minimum Gasteiger partial charge on any atom is -0.491 e. The summed E-state index contributed by atoms with van der Waals surface area (Å²) in [5.41, 5.74) is 2.14. The Morgan fingerprint density at radius 1 is 1.08 bits per heavy atom. The smallest absolute Gasteiger partial charge is 0.225 e. The van der Waals surface area contributed by atoms with Gasteiger partial charge in [0, 0.05) is 5.56 Å². The number of benzene rings is 2. The molecule has 1 aliphatic rings. The van der Waals surface area contributed by atoms with Crippen LogP contribution < -0.4 is 10.1 Å². The molecule has 24 heavy (non-hydrogen) atoms. The van der Waals surface area contributed by atoms with E-state index in [1.807, 2.05) is 54.6 Å². The quantitative estimate of drug-likeness (QED) is 0.803. The highest BCUT2D eigenvalue weighted by atomic mass is 16.5. The average Bonchev–Trinajstić information content (AvgIpc) is 3.06. The van der Waals surface area contributed by atoms with E-state index >= 15 is 0 Å². The second-order valence-electron chi connectivity index (χ2n) is 6.11. The number of hydrogen-bond donors (Lipinski definition) is 2. The molecule has 3 rings (SSSR count). The highest BCUT2D eigenvalue weighted by Gasteiger charge is 2.31. The summed E-state index contributed by atoms with van der Waals surface area (Å²) in [5, 5.41) is 12.6. The van der Waals surface area contributed by atoms with Crippen molar-refractivity contribution in [2.24, 2.45) is 5.92 Å². The molecule has 0 radical (unpaired) electrons. The Balaban J connectivity index is 1.53. The van der Waals surface area contributed by atoms with E-state index in [0.717, 1.165) is 36.1 Å². The molecule has 0 spiro atoms. The predicted molar refractivity (Wildman–Crippen MR) is 93.7 cm³/mol. The minimum absolute atomic E-state index is 0.0695. The molecule has 0 heterocycles. The van der Waals surface area contributed by atoms with Crippen LogP contribution in [-0.4, -0.2) is 30.3 Å². The first kappa shape index (κ1) is 16.5. The molecule has 2 atom stereocenters. The molecule has 2 aromatic rings. The molecule has 1 aliphatic carbocycles. The fraction of sp³-hybridized carbons (Fsp3) is 0.350. The van der Waals surface area contributed by atoms with E-state index in [4.69, 9.17) is 4.74 Å². The van der Waals surface area contributed by atoms with E-state index in [-0.39, 0.29) is 11.8 Å². The number of hydrogen-bond acceptors (Lipinski definition) is 3. The molecule has 4 heteroatoms. The fourth-order valence-corrected chi connectivity index (χ4v) is 3.16. The monoisotopic (exact) mass is 325 g/mol. The lowest BCUT2D eigenvalue weighted by Crippen LogP contribution is -2.36. The minimum atomic E-state index is -0.496. The number of para-hydroxylation sites is 1. The SMILES string of the molecule is O=C(NCCOc1ccccc1-c1ccccc1)[C@@H]1CCC[C@@H]1O. The Morgan fingerprint density at radius 2 is 1.83 bits per heavy atom. The van der Waals surface area contributed by atoms with Crippen LogP contribution in [0.5, 0.6) is 5.75 Å². The highest BCUT2D eigenvalue weighted by molar-refractivity contribution is 5.79. The lowest BCUT2D eigenvalue weighted by molar-refractivity contribution is -0.127. The third-order valence-electron chi connectivity index (χ3n) is 4.45. The van der Waals surface area contributed by atoms with Crippen LogP contribution in [0.3, 0.4) is 0 Å². The number of carbonyl (C=O) groups is 1. The highest BCUT2D eigenvalue weighted by Crippen LogP contribution is 2.29. The second-order valence-corrected chi connectivity index (χ2v) is 6.11. The van der Waals surface area contributed by atoms with E-state index in [1.54, 1.807) is 0 Å². The van der Waals surface area contributed by atoms with Gasteiger partial charge in [-0.3, -0.25) is 4.79 Å². The van der Waals surface area contributed by atoms with Gasteiger partial charge in [0.1, 0.15) is 12.4 Å².